The summed E-state index contributed by atoms with van der Waals surface area (Å²) in [7, 11) is 0. The summed E-state index contributed by atoms with van der Waals surface area (Å²) in [5, 5.41) is 9.22. The first-order valence-electron chi connectivity index (χ1n) is 8.27. The average Bonchev–Trinajstić information content (AvgIpc) is 2.81. The van der Waals surface area contributed by atoms with E-state index in [4.69, 9.17) is 5.73 Å². The van der Waals surface area contributed by atoms with Gasteiger partial charge < -0.3 is 15.7 Å². The maximum Gasteiger partial charge on any atom is 0.325 e. The number of rotatable bonds is 2. The third kappa shape index (κ3) is 2.00. The predicted octanol–water partition coefficient (Wildman–Crippen LogP) is 1.07. The molecule has 0 aromatic carbocycles. The van der Waals surface area contributed by atoms with Crippen molar-refractivity contribution >= 4 is 11.9 Å². The zero-order chi connectivity index (χ0) is 14.8. The molecule has 5 fully saturated rings. The molecule has 1 atom stereocenters. The van der Waals surface area contributed by atoms with Crippen molar-refractivity contribution in [1.82, 2.24) is 4.90 Å². The summed E-state index contributed by atoms with van der Waals surface area (Å²) in [5.41, 5.74) is 4.68. The topological polar surface area (TPSA) is 83.6 Å². The van der Waals surface area contributed by atoms with Gasteiger partial charge in [-0.15, -0.1) is 0 Å². The second-order valence-corrected chi connectivity index (χ2v) is 7.93. The van der Waals surface area contributed by atoms with Crippen LogP contribution in [0.1, 0.15) is 38.5 Å². The Kier molecular flexibility index (Phi) is 2.87. The summed E-state index contributed by atoms with van der Waals surface area (Å²) in [6.45, 7) is 0.689. The third-order valence-electron chi connectivity index (χ3n) is 6.55. The third-order valence-corrected chi connectivity index (χ3v) is 6.55. The molecule has 21 heavy (non-hydrogen) atoms. The van der Waals surface area contributed by atoms with Crippen LogP contribution in [0.25, 0.3) is 0 Å². The molecule has 5 heteroatoms. The molecule has 116 valence electrons. The molecule has 5 nitrogen and oxygen atoms in total. The molecule has 1 aliphatic heterocycles. The number of likely N-dealkylation sites (tertiary alicyclic amines) is 1. The Balaban J connectivity index is 1.50. The lowest BCUT2D eigenvalue weighted by atomic mass is 9.51. The van der Waals surface area contributed by atoms with Gasteiger partial charge in [0, 0.05) is 19.0 Å². The van der Waals surface area contributed by atoms with Crippen LogP contribution in [0.3, 0.4) is 0 Å². The van der Waals surface area contributed by atoms with Gasteiger partial charge in [-0.3, -0.25) is 9.59 Å². The highest BCUT2D eigenvalue weighted by molar-refractivity contribution is 5.84. The Morgan fingerprint density at radius 2 is 1.62 bits per heavy atom. The quantitative estimate of drug-likeness (QED) is 0.797. The zero-order valence-corrected chi connectivity index (χ0v) is 12.3. The molecule has 5 aliphatic rings. The fraction of sp³-hybridized carbons (Fsp3) is 0.875. The molecule has 3 N–H and O–H groups in total. The van der Waals surface area contributed by atoms with Gasteiger partial charge in [0.1, 0.15) is 5.54 Å². The van der Waals surface area contributed by atoms with Crippen LogP contribution in [0.5, 0.6) is 0 Å². The fourth-order valence-electron chi connectivity index (χ4n) is 5.74. The van der Waals surface area contributed by atoms with Crippen molar-refractivity contribution in [3.63, 3.8) is 0 Å². The van der Waals surface area contributed by atoms with Gasteiger partial charge in [-0.25, -0.2) is 0 Å². The summed E-state index contributed by atoms with van der Waals surface area (Å²) >= 11 is 0. The van der Waals surface area contributed by atoms with Crippen LogP contribution in [-0.4, -0.2) is 40.5 Å². The summed E-state index contributed by atoms with van der Waals surface area (Å²) in [6, 6.07) is 0. The number of carboxylic acids is 1. The van der Waals surface area contributed by atoms with Crippen molar-refractivity contribution in [2.45, 2.75) is 44.1 Å². The number of carboxylic acid groups (broad SMARTS) is 1. The molecule has 4 aliphatic carbocycles. The van der Waals surface area contributed by atoms with Crippen molar-refractivity contribution in [2.24, 2.45) is 35.3 Å². The molecule has 5 rings (SSSR count). The second-order valence-electron chi connectivity index (χ2n) is 7.93. The van der Waals surface area contributed by atoms with E-state index in [1.54, 1.807) is 4.90 Å². The molecule has 4 saturated carbocycles. The monoisotopic (exact) mass is 292 g/mol. The van der Waals surface area contributed by atoms with E-state index < -0.39 is 11.5 Å². The first-order valence-corrected chi connectivity index (χ1v) is 8.27. The maximum absolute atomic E-state index is 12.9. The molecule has 0 aromatic rings. The number of nitrogens with two attached hydrogens (primary N) is 1. The molecule has 0 radical (unpaired) electrons. The number of aliphatic carboxylic acids is 1. The Labute approximate surface area is 124 Å². The van der Waals surface area contributed by atoms with Crippen LogP contribution in [-0.2, 0) is 9.59 Å². The van der Waals surface area contributed by atoms with Gasteiger partial charge in [-0.1, -0.05) is 0 Å². The summed E-state index contributed by atoms with van der Waals surface area (Å²) in [4.78, 5) is 25.9. The minimum atomic E-state index is -1.23. The minimum absolute atomic E-state index is 0.147. The Morgan fingerprint density at radius 1 is 1.05 bits per heavy atom. The van der Waals surface area contributed by atoms with Crippen molar-refractivity contribution < 1.29 is 14.7 Å². The molecule has 1 unspecified atom stereocenters. The second kappa shape index (κ2) is 4.45. The van der Waals surface area contributed by atoms with Crippen LogP contribution in [0, 0.1) is 29.6 Å². The normalized spacial score (nSPS) is 47.9. The number of hydrogen-bond donors (Lipinski definition) is 2. The number of carbonyl (C=O) groups is 2. The van der Waals surface area contributed by atoms with Crippen molar-refractivity contribution in [3.8, 4) is 0 Å². The lowest BCUT2D eigenvalue weighted by Crippen LogP contribution is -2.54. The molecule has 4 bridgehead atoms. The highest BCUT2D eigenvalue weighted by Gasteiger charge is 2.53. The number of nitrogens with zero attached hydrogens (tertiary/aromatic N) is 1. The molecule has 0 spiro atoms. The van der Waals surface area contributed by atoms with E-state index in [2.05, 4.69) is 0 Å². The average molecular weight is 292 g/mol. The Morgan fingerprint density at radius 3 is 2.10 bits per heavy atom. The van der Waals surface area contributed by atoms with E-state index >= 15 is 0 Å². The number of hydrogen-bond acceptors (Lipinski definition) is 3. The van der Waals surface area contributed by atoms with E-state index in [0.717, 1.165) is 11.8 Å². The minimum Gasteiger partial charge on any atom is -0.480 e. The summed E-state index contributed by atoms with van der Waals surface area (Å²) in [5.74, 6) is 2.15. The molecule has 1 amide bonds. The van der Waals surface area contributed by atoms with Gasteiger partial charge in [0.2, 0.25) is 5.91 Å². The Hall–Kier alpha value is -1.10. The van der Waals surface area contributed by atoms with E-state index in [-0.39, 0.29) is 18.4 Å². The molecule has 1 heterocycles. The van der Waals surface area contributed by atoms with Crippen molar-refractivity contribution in [1.29, 1.82) is 0 Å². The molecule has 1 saturated heterocycles. The molecular formula is C16H24N2O3. The molecular weight excluding hydrogens is 268 g/mol. The van der Waals surface area contributed by atoms with Crippen LogP contribution in [0.15, 0.2) is 0 Å². The van der Waals surface area contributed by atoms with E-state index in [9.17, 15) is 14.7 Å². The number of carbonyl (C=O) groups excluding carboxylic acids is 1. The van der Waals surface area contributed by atoms with E-state index in [1.807, 2.05) is 0 Å². The van der Waals surface area contributed by atoms with Crippen molar-refractivity contribution in [3.05, 3.63) is 0 Å². The lowest BCUT2D eigenvalue weighted by Gasteiger charge is -2.54. The smallest absolute Gasteiger partial charge is 0.325 e. The van der Waals surface area contributed by atoms with Crippen LogP contribution >= 0.6 is 0 Å². The number of amides is 1. The summed E-state index contributed by atoms with van der Waals surface area (Å²) in [6.07, 6.45) is 6.60. The summed E-state index contributed by atoms with van der Waals surface area (Å²) < 4.78 is 0. The van der Waals surface area contributed by atoms with E-state index in [0.29, 0.717) is 24.8 Å². The van der Waals surface area contributed by atoms with Crippen molar-refractivity contribution in [2.75, 3.05) is 13.1 Å². The largest absolute Gasteiger partial charge is 0.480 e. The highest BCUT2D eigenvalue weighted by atomic mass is 16.4. The van der Waals surface area contributed by atoms with Gasteiger partial charge in [0.15, 0.2) is 0 Å². The van der Waals surface area contributed by atoms with Crippen LogP contribution in [0.4, 0.5) is 0 Å². The van der Waals surface area contributed by atoms with Gasteiger partial charge in [-0.2, -0.15) is 0 Å². The van der Waals surface area contributed by atoms with Crippen LogP contribution in [0.2, 0.25) is 0 Å². The van der Waals surface area contributed by atoms with E-state index in [1.165, 1.54) is 32.1 Å². The highest BCUT2D eigenvalue weighted by Crippen LogP contribution is 2.57. The maximum atomic E-state index is 12.9. The Bertz CT molecular complexity index is 464. The van der Waals surface area contributed by atoms with Gasteiger partial charge in [-0.05, 0) is 62.2 Å². The van der Waals surface area contributed by atoms with Gasteiger partial charge in [0.05, 0.1) is 0 Å². The van der Waals surface area contributed by atoms with Crippen LogP contribution < -0.4 is 5.73 Å². The SMILES string of the molecule is NC1(C(=O)O)CCN(C(=O)C2C3CC4CC(C3)CC2C4)C1. The first-order chi connectivity index (χ1) is 9.96. The molecule has 0 aromatic heterocycles. The van der Waals surface area contributed by atoms with Gasteiger partial charge in [0.25, 0.3) is 0 Å². The first kappa shape index (κ1) is 13.6. The lowest BCUT2D eigenvalue weighted by molar-refractivity contribution is -0.149. The standard InChI is InChI=1S/C16H24N2O3/c17-16(15(20)21)1-2-18(8-16)14(19)13-11-4-9-3-10(6-11)7-12(13)5-9/h9-13H,1-8,17H2,(H,20,21). The predicted molar refractivity (Wildman–Crippen MR) is 76.3 cm³/mol. The van der Waals surface area contributed by atoms with Gasteiger partial charge >= 0.3 is 5.97 Å². The fourth-order valence-corrected chi connectivity index (χ4v) is 5.74. The zero-order valence-electron chi connectivity index (χ0n) is 12.3.